The first-order chi connectivity index (χ1) is 20.3. The number of nitrogens with one attached hydrogen (secondary N) is 1. The van der Waals surface area contributed by atoms with Crippen molar-refractivity contribution < 1.29 is 18.3 Å². The SMILES string of the molecule is Oc1cc(-c2ncc3c(C4C[C@H]5C[C@@H]4CN5)nc(C#C[C@@]45CCCN4C[C@H](F)C5)nc3c2F)c2c(Cl)c(F)ccc2c1. The number of benzene rings is 2. The molecule has 1 aliphatic carbocycles. The maximum atomic E-state index is 16.6. The van der Waals surface area contributed by atoms with Crippen molar-refractivity contribution in [2.45, 2.75) is 55.8 Å². The summed E-state index contributed by atoms with van der Waals surface area (Å²) in [4.78, 5) is 16.1. The molecule has 0 spiro atoms. The number of hydrogen-bond donors (Lipinski definition) is 2. The number of fused-ring (bicyclic) bond motifs is 5. The molecule has 1 unspecified atom stereocenters. The van der Waals surface area contributed by atoms with Gasteiger partial charge in [0.1, 0.15) is 28.9 Å². The zero-order chi connectivity index (χ0) is 28.7. The maximum absolute atomic E-state index is 16.6. The molecule has 4 fully saturated rings. The molecule has 3 aliphatic heterocycles. The summed E-state index contributed by atoms with van der Waals surface area (Å²) >= 11 is 6.35. The lowest BCUT2D eigenvalue weighted by molar-refractivity contribution is 0.255. The number of halogens is 4. The van der Waals surface area contributed by atoms with Crippen LogP contribution in [0.4, 0.5) is 13.2 Å². The minimum Gasteiger partial charge on any atom is -0.508 e. The number of pyridine rings is 1. The van der Waals surface area contributed by atoms with Gasteiger partial charge in [-0.15, -0.1) is 0 Å². The van der Waals surface area contributed by atoms with Crippen LogP contribution in [0.2, 0.25) is 5.02 Å². The van der Waals surface area contributed by atoms with Crippen molar-refractivity contribution in [2.24, 2.45) is 5.92 Å². The molecule has 4 aromatic rings. The number of nitrogens with zero attached hydrogens (tertiary/aromatic N) is 4. The molecule has 2 aromatic carbocycles. The van der Waals surface area contributed by atoms with Crippen LogP contribution in [-0.4, -0.2) is 62.3 Å². The minimum atomic E-state index is -0.922. The topological polar surface area (TPSA) is 74.2 Å². The highest BCUT2D eigenvalue weighted by Gasteiger charge is 2.48. The number of hydrogen-bond acceptors (Lipinski definition) is 6. The Bertz CT molecular complexity index is 1860. The van der Waals surface area contributed by atoms with Crippen LogP contribution >= 0.6 is 11.6 Å². The number of alkyl halides is 1. The molecule has 5 heterocycles. The molecule has 3 saturated heterocycles. The van der Waals surface area contributed by atoms with Crippen molar-refractivity contribution in [2.75, 3.05) is 19.6 Å². The number of aromatic hydroxyl groups is 1. The molecule has 2 N–H and O–H groups in total. The fourth-order valence-electron chi connectivity index (χ4n) is 7.81. The molecule has 4 aliphatic rings. The summed E-state index contributed by atoms with van der Waals surface area (Å²) in [6.07, 6.45) is 4.63. The Hall–Kier alpha value is -3.45. The summed E-state index contributed by atoms with van der Waals surface area (Å²) < 4.78 is 45.5. The summed E-state index contributed by atoms with van der Waals surface area (Å²) in [7, 11) is 0. The first kappa shape index (κ1) is 26.2. The Balaban J connectivity index is 1.33. The van der Waals surface area contributed by atoms with Crippen LogP contribution in [0.1, 0.15) is 49.5 Å². The highest BCUT2D eigenvalue weighted by molar-refractivity contribution is 6.37. The molecule has 2 aromatic heterocycles. The molecule has 6 nitrogen and oxygen atoms in total. The van der Waals surface area contributed by atoms with Gasteiger partial charge in [0.05, 0.1) is 16.3 Å². The molecule has 2 bridgehead atoms. The molecular formula is C32H27ClF3N5O. The van der Waals surface area contributed by atoms with Gasteiger partial charge in [0.25, 0.3) is 0 Å². The average Bonchev–Trinajstić information content (AvgIpc) is 3.75. The van der Waals surface area contributed by atoms with Gasteiger partial charge in [0.2, 0.25) is 5.82 Å². The first-order valence-electron chi connectivity index (χ1n) is 14.4. The third-order valence-electron chi connectivity index (χ3n) is 9.68. The van der Waals surface area contributed by atoms with E-state index in [0.717, 1.165) is 44.5 Å². The van der Waals surface area contributed by atoms with E-state index in [4.69, 9.17) is 16.6 Å². The smallest absolute Gasteiger partial charge is 0.205 e. The zero-order valence-corrected chi connectivity index (χ0v) is 23.4. The van der Waals surface area contributed by atoms with Crippen molar-refractivity contribution in [1.29, 1.82) is 0 Å². The minimum absolute atomic E-state index is 0.0598. The highest BCUT2D eigenvalue weighted by Crippen LogP contribution is 2.46. The van der Waals surface area contributed by atoms with Crippen LogP contribution in [0.3, 0.4) is 0 Å². The lowest BCUT2D eigenvalue weighted by Gasteiger charge is -2.25. The normalized spacial score (nSPS) is 28.5. The van der Waals surface area contributed by atoms with E-state index in [1.807, 2.05) is 0 Å². The molecule has 214 valence electrons. The Kier molecular flexibility index (Phi) is 5.94. The summed E-state index contributed by atoms with van der Waals surface area (Å²) in [6.45, 7) is 2.05. The van der Waals surface area contributed by atoms with Crippen LogP contribution in [0, 0.1) is 29.4 Å². The third kappa shape index (κ3) is 3.99. The second kappa shape index (κ2) is 9.53. The van der Waals surface area contributed by atoms with Crippen LogP contribution in [0.5, 0.6) is 5.75 Å². The van der Waals surface area contributed by atoms with Gasteiger partial charge in [-0.25, -0.2) is 23.1 Å². The molecule has 10 heteroatoms. The van der Waals surface area contributed by atoms with E-state index in [0.29, 0.717) is 35.7 Å². The Morgan fingerprint density at radius 1 is 1.17 bits per heavy atom. The Morgan fingerprint density at radius 2 is 2.05 bits per heavy atom. The second-order valence-electron chi connectivity index (χ2n) is 12.1. The molecule has 0 amide bonds. The van der Waals surface area contributed by atoms with E-state index in [9.17, 15) is 13.9 Å². The summed E-state index contributed by atoms with van der Waals surface area (Å²) in [5, 5.41) is 15.0. The van der Waals surface area contributed by atoms with E-state index in [1.165, 1.54) is 24.3 Å². The number of rotatable bonds is 2. The van der Waals surface area contributed by atoms with Crippen molar-refractivity contribution in [1.82, 2.24) is 25.2 Å². The molecule has 8 rings (SSSR count). The van der Waals surface area contributed by atoms with Crippen molar-refractivity contribution >= 4 is 33.3 Å². The van der Waals surface area contributed by atoms with Crippen LogP contribution in [0.15, 0.2) is 30.5 Å². The van der Waals surface area contributed by atoms with Crippen molar-refractivity contribution in [3.8, 4) is 28.8 Å². The lowest BCUT2D eigenvalue weighted by Crippen LogP contribution is -2.36. The second-order valence-corrected chi connectivity index (χ2v) is 12.5. The molecule has 1 saturated carbocycles. The Labute approximate surface area is 245 Å². The van der Waals surface area contributed by atoms with Crippen LogP contribution in [0.25, 0.3) is 32.9 Å². The largest absolute Gasteiger partial charge is 0.508 e. The Morgan fingerprint density at radius 3 is 2.86 bits per heavy atom. The molecule has 0 radical (unpaired) electrons. The summed E-state index contributed by atoms with van der Waals surface area (Å²) in [6, 6.07) is 5.84. The maximum Gasteiger partial charge on any atom is 0.205 e. The quantitative estimate of drug-likeness (QED) is 0.285. The van der Waals surface area contributed by atoms with Crippen molar-refractivity contribution in [3.63, 3.8) is 0 Å². The predicted octanol–water partition coefficient (Wildman–Crippen LogP) is 5.88. The predicted molar refractivity (Wildman–Crippen MR) is 154 cm³/mol. The molecule has 42 heavy (non-hydrogen) atoms. The van der Waals surface area contributed by atoms with E-state index in [1.54, 1.807) is 6.20 Å². The van der Waals surface area contributed by atoms with E-state index < -0.39 is 23.3 Å². The van der Waals surface area contributed by atoms with Gasteiger partial charge in [0, 0.05) is 47.5 Å². The fraction of sp³-hybridized carbons (Fsp3) is 0.406. The van der Waals surface area contributed by atoms with E-state index in [2.05, 4.69) is 32.0 Å². The monoisotopic (exact) mass is 589 g/mol. The zero-order valence-electron chi connectivity index (χ0n) is 22.6. The highest BCUT2D eigenvalue weighted by atomic mass is 35.5. The molecular weight excluding hydrogens is 563 g/mol. The number of phenols is 1. The fourth-order valence-corrected chi connectivity index (χ4v) is 8.08. The van der Waals surface area contributed by atoms with Gasteiger partial charge >= 0.3 is 0 Å². The first-order valence-corrected chi connectivity index (χ1v) is 14.8. The van der Waals surface area contributed by atoms with Gasteiger partial charge in [-0.05, 0) is 74.2 Å². The van der Waals surface area contributed by atoms with E-state index in [-0.39, 0.29) is 44.7 Å². The average molecular weight is 590 g/mol. The third-order valence-corrected chi connectivity index (χ3v) is 10.1. The van der Waals surface area contributed by atoms with Gasteiger partial charge < -0.3 is 10.4 Å². The lowest BCUT2D eigenvalue weighted by atomic mass is 9.89. The summed E-state index contributed by atoms with van der Waals surface area (Å²) in [5.74, 6) is 5.55. The number of aromatic nitrogens is 3. The molecule has 5 atom stereocenters. The van der Waals surface area contributed by atoms with Crippen LogP contribution < -0.4 is 5.32 Å². The number of piperidine rings is 1. The number of phenolic OH excluding ortho intramolecular Hbond substituents is 1. The van der Waals surface area contributed by atoms with Gasteiger partial charge in [-0.2, -0.15) is 0 Å². The van der Waals surface area contributed by atoms with Gasteiger partial charge in [0.15, 0.2) is 5.82 Å². The van der Waals surface area contributed by atoms with Crippen LogP contribution in [-0.2, 0) is 0 Å². The standard InChI is InChI=1S/C32H27ClF3N5O/c33-27-24(35)3-2-16-9-20(42)11-22(26(16)27)30-28(36)31-23(14-38-30)29(21-10-19-8-17(21)13-37-19)39-25(40-31)4-6-32-5-1-7-41(32)15-18(34)12-32/h2-3,9,11,14,17-19,21,37,42H,1,5,7-8,10,12-13,15H2/t17-,18-,19-,21?,32-/m1/s1. The van der Waals surface area contributed by atoms with Gasteiger partial charge in [-0.1, -0.05) is 23.6 Å². The van der Waals surface area contributed by atoms with Gasteiger partial charge in [-0.3, -0.25) is 9.88 Å². The van der Waals surface area contributed by atoms with Crippen molar-refractivity contribution in [3.05, 3.63) is 58.6 Å². The summed E-state index contributed by atoms with van der Waals surface area (Å²) in [5.41, 5.74) is 0.288. The van der Waals surface area contributed by atoms with E-state index >= 15 is 4.39 Å².